The summed E-state index contributed by atoms with van der Waals surface area (Å²) in [7, 11) is -9.64. The zero-order valence-electron chi connectivity index (χ0n) is 10.6. The van der Waals surface area contributed by atoms with Crippen molar-refractivity contribution in [2.24, 2.45) is 0 Å². The molecule has 0 atom stereocenters. The smallest absolute Gasteiger partial charge is 0.543 e. The number of rotatable bonds is 0. The fraction of sp³-hybridized carbons (Fsp3) is 0. The molecule has 0 saturated carbocycles. The predicted octanol–water partition coefficient (Wildman–Crippen LogP) is -11.6. The minimum Gasteiger partial charge on any atom is -0.543 e. The summed E-state index contributed by atoms with van der Waals surface area (Å²) in [5, 5.41) is 17.9. The molecule has 144 valence electrons. The molecule has 22 heavy (non-hydrogen) atoms. The number of carbonyl (C=O) groups excluding carboxylic acids is 2. The van der Waals surface area contributed by atoms with Crippen molar-refractivity contribution in [2.75, 3.05) is 0 Å². The third-order valence-electron chi connectivity index (χ3n) is 0.167. The molecule has 0 bridgehead atoms. The second-order valence-corrected chi connectivity index (χ2v) is 2.90. The van der Waals surface area contributed by atoms with Crippen molar-refractivity contribution >= 4 is 11.9 Å². The van der Waals surface area contributed by atoms with E-state index in [4.69, 9.17) is 57.1 Å². The van der Waals surface area contributed by atoms with E-state index >= 15 is 0 Å². The maximum atomic E-state index is 8.93. The Morgan fingerprint density at radius 2 is 0.682 bits per heavy atom. The second kappa shape index (κ2) is 25.5. The molecule has 0 amide bonds. The van der Waals surface area contributed by atoms with Crippen LogP contribution in [0.4, 0.5) is 0 Å². The standard InChI is InChI=1S/C2H2O4.2ClHO4.Co.5H3N/c3-1(4)2(5)6;2*2-1(3,4)5;;;;;;/h(H,3,4)(H,5,6);2*(H,2,3,4,5);;5*1H3/q;;;+3;;;;;/p-3. The van der Waals surface area contributed by atoms with Gasteiger partial charge < -0.3 is 50.6 Å². The first-order chi connectivity index (χ1) is 6.64. The van der Waals surface area contributed by atoms with E-state index in [2.05, 4.69) is 0 Å². The van der Waals surface area contributed by atoms with Crippen LogP contribution in [0.3, 0.4) is 0 Å². The molecule has 0 aromatic rings. The van der Waals surface area contributed by atoms with E-state index in [1.165, 1.54) is 0 Å². The number of aliphatic carboxylic acids is 2. The van der Waals surface area contributed by atoms with Crippen LogP contribution in [0.25, 0.3) is 0 Å². The summed E-state index contributed by atoms with van der Waals surface area (Å²) in [6.07, 6.45) is 0. The molecule has 0 rings (SSSR count). The molecule has 0 aliphatic rings. The minimum atomic E-state index is -4.94. The van der Waals surface area contributed by atoms with Crippen LogP contribution in [-0.4, -0.2) is 16.6 Å². The summed E-state index contributed by atoms with van der Waals surface area (Å²) in [4.78, 5) is 17.9. The van der Waals surface area contributed by atoms with Gasteiger partial charge in [-0.15, -0.1) is 10.2 Å². The van der Waals surface area contributed by atoms with Gasteiger partial charge in [-0.2, -0.15) is 14.0 Å². The fourth-order valence-corrected chi connectivity index (χ4v) is 0. The van der Waals surface area contributed by atoms with Crippen molar-refractivity contribution in [2.45, 2.75) is 0 Å². The number of carboxylic acids is 2. The molecule has 17 nitrogen and oxygen atoms in total. The zero-order valence-corrected chi connectivity index (χ0v) is 13.1. The molecule has 0 fully saturated rings. The molecule has 0 radical (unpaired) electrons. The van der Waals surface area contributed by atoms with Crippen molar-refractivity contribution in [3.63, 3.8) is 0 Å². The van der Waals surface area contributed by atoms with Crippen LogP contribution in [-0.2, 0) is 26.4 Å². The van der Waals surface area contributed by atoms with Crippen molar-refractivity contribution in [1.29, 1.82) is 0 Å². The second-order valence-electron chi connectivity index (χ2n) is 1.35. The maximum Gasteiger partial charge on any atom is 3.00 e. The van der Waals surface area contributed by atoms with Gasteiger partial charge in [0.1, 0.15) is 0 Å². The van der Waals surface area contributed by atoms with Gasteiger partial charge in [0.25, 0.3) is 0 Å². The summed E-state index contributed by atoms with van der Waals surface area (Å²) in [5.74, 6) is -4.37. The number of hydrogen-bond acceptors (Lipinski definition) is 17. The van der Waals surface area contributed by atoms with Crippen LogP contribution in [0.2, 0.25) is 0 Å². The Kier molecular flexibility index (Phi) is 66.9. The van der Waals surface area contributed by atoms with E-state index in [9.17, 15) is 0 Å². The predicted molar refractivity (Wildman–Crippen MR) is 37.3 cm³/mol. The average molecular weight is 432 g/mol. The molecule has 0 unspecified atom stereocenters. The van der Waals surface area contributed by atoms with Crippen LogP contribution >= 0.6 is 0 Å². The van der Waals surface area contributed by atoms with Crippen molar-refractivity contribution in [3.8, 4) is 0 Å². The molecular weight excluding hydrogens is 416 g/mol. The monoisotopic (exact) mass is 431 g/mol. The third-order valence-corrected chi connectivity index (χ3v) is 0.167. The topological polar surface area (TPSA) is 437 Å². The van der Waals surface area contributed by atoms with E-state index in [0.29, 0.717) is 0 Å². The van der Waals surface area contributed by atoms with E-state index in [-0.39, 0.29) is 47.5 Å². The molecule has 0 aliphatic heterocycles. The third kappa shape index (κ3) is 543. The quantitative estimate of drug-likeness (QED) is 0.193. The number of hydrogen-bond donors (Lipinski definition) is 6. The minimum absolute atomic E-state index is 0. The summed E-state index contributed by atoms with van der Waals surface area (Å²) >= 11 is 0. The Morgan fingerprint density at radius 1 is 0.636 bits per heavy atom. The van der Waals surface area contributed by atoms with Gasteiger partial charge in [-0.3, -0.25) is 0 Å². The first-order valence-electron chi connectivity index (χ1n) is 2.32. The van der Waals surface area contributed by atoms with E-state index < -0.39 is 32.4 Å². The molecule has 0 heterocycles. The molecule has 0 aromatic carbocycles. The van der Waals surface area contributed by atoms with Crippen LogP contribution in [0.1, 0.15) is 0 Å². The van der Waals surface area contributed by atoms with Crippen LogP contribution in [0.15, 0.2) is 0 Å². The van der Waals surface area contributed by atoms with Crippen molar-refractivity contribution < 1.29 is 94.3 Å². The molecule has 0 spiro atoms. The van der Waals surface area contributed by atoms with Gasteiger partial charge in [-0.1, -0.05) is 0 Å². The Bertz CT molecular complexity index is 197. The SMILES string of the molecule is N.N.N.N.N.O=C([O-])C(=O)[O-].[Co+3].[O-][Cl+3]([O-])([O-])O.[O-][Cl+3]([O-])([O-])[O-]. The average Bonchev–Trinajstić information content (AvgIpc) is 1.77. The summed E-state index contributed by atoms with van der Waals surface area (Å²) in [6.45, 7) is 0. The van der Waals surface area contributed by atoms with E-state index in [0.717, 1.165) is 0 Å². The van der Waals surface area contributed by atoms with Gasteiger partial charge in [0.05, 0.1) is 26.8 Å². The Morgan fingerprint density at radius 3 is 0.682 bits per heavy atom. The number of halogens is 2. The van der Waals surface area contributed by atoms with Gasteiger partial charge in [-0.05, 0) is 0 Å². The number of carboxylic acid groups (broad SMARTS) is 2. The molecule has 16 N–H and O–H groups in total. The van der Waals surface area contributed by atoms with Crippen LogP contribution < -0.4 is 73.6 Å². The first-order valence-corrected chi connectivity index (χ1v) is 4.81. The van der Waals surface area contributed by atoms with Crippen LogP contribution in [0.5, 0.6) is 0 Å². The largest absolute Gasteiger partial charge is 3.00 e. The first kappa shape index (κ1) is 57.8. The molecular formula is C2H16Cl2CoN5O12. The number of carbonyl (C=O) groups is 2. The maximum absolute atomic E-state index is 8.93. The Hall–Kier alpha value is -0.494. The summed E-state index contributed by atoms with van der Waals surface area (Å²) in [6, 6.07) is 0. The fourth-order valence-electron chi connectivity index (χ4n) is 0. The van der Waals surface area contributed by atoms with Crippen molar-refractivity contribution in [3.05, 3.63) is 0 Å². The molecule has 0 aliphatic carbocycles. The van der Waals surface area contributed by atoms with Gasteiger partial charge in [0.2, 0.25) is 0 Å². The molecule has 20 heteroatoms. The zero-order chi connectivity index (χ0) is 14.2. The van der Waals surface area contributed by atoms with Gasteiger partial charge >= 0.3 is 16.8 Å². The van der Waals surface area contributed by atoms with E-state index in [1.807, 2.05) is 0 Å². The van der Waals surface area contributed by atoms with Crippen LogP contribution in [0, 0.1) is 20.5 Å². The van der Waals surface area contributed by atoms with E-state index in [1.54, 1.807) is 0 Å². The normalized spacial score (nSPS) is 7.45. The Labute approximate surface area is 137 Å². The van der Waals surface area contributed by atoms with Gasteiger partial charge in [0.15, 0.2) is 0 Å². The Balaban J connectivity index is -0.0000000145. The summed E-state index contributed by atoms with van der Waals surface area (Å²) < 4.78 is 66.7. The van der Waals surface area contributed by atoms with Gasteiger partial charge in [0, 0.05) is 0 Å². The molecule has 0 saturated heterocycles. The van der Waals surface area contributed by atoms with Crippen molar-refractivity contribution in [1.82, 2.24) is 30.8 Å². The van der Waals surface area contributed by atoms with Gasteiger partial charge in [-0.25, -0.2) is 18.6 Å². The summed E-state index contributed by atoms with van der Waals surface area (Å²) in [5.41, 5.74) is 0. The molecule has 0 aromatic heterocycles.